The van der Waals surface area contributed by atoms with Crippen LogP contribution in [0.25, 0.3) is 0 Å². The quantitative estimate of drug-likeness (QED) is 0.771. The first-order valence-electron chi connectivity index (χ1n) is 7.01. The lowest BCUT2D eigenvalue weighted by Gasteiger charge is -2.21. The van der Waals surface area contributed by atoms with Gasteiger partial charge in [0.25, 0.3) is 0 Å². The number of hydrogen-bond donors (Lipinski definition) is 2. The SMILES string of the molecule is CC(C)CC(C)NC(C)CCc1ccc(O)cc1. The molecule has 0 radical (unpaired) electrons. The van der Waals surface area contributed by atoms with Gasteiger partial charge in [-0.25, -0.2) is 0 Å². The predicted molar refractivity (Wildman–Crippen MR) is 77.9 cm³/mol. The van der Waals surface area contributed by atoms with Gasteiger partial charge in [-0.15, -0.1) is 0 Å². The van der Waals surface area contributed by atoms with Crippen molar-refractivity contribution in [3.63, 3.8) is 0 Å². The van der Waals surface area contributed by atoms with E-state index >= 15 is 0 Å². The fourth-order valence-electron chi connectivity index (χ4n) is 2.39. The van der Waals surface area contributed by atoms with Crippen molar-refractivity contribution in [2.24, 2.45) is 5.92 Å². The molecule has 2 unspecified atom stereocenters. The molecule has 0 heterocycles. The molecule has 0 aliphatic heterocycles. The van der Waals surface area contributed by atoms with Crippen molar-refractivity contribution in [1.82, 2.24) is 5.32 Å². The summed E-state index contributed by atoms with van der Waals surface area (Å²) in [6.07, 6.45) is 3.42. The topological polar surface area (TPSA) is 32.3 Å². The Morgan fingerprint density at radius 1 is 1.00 bits per heavy atom. The molecule has 0 bridgehead atoms. The van der Waals surface area contributed by atoms with Crippen molar-refractivity contribution in [2.45, 2.75) is 59.0 Å². The van der Waals surface area contributed by atoms with Gasteiger partial charge in [-0.2, -0.15) is 0 Å². The molecule has 1 aromatic rings. The van der Waals surface area contributed by atoms with Crippen LogP contribution in [0.2, 0.25) is 0 Å². The van der Waals surface area contributed by atoms with Gasteiger partial charge in [-0.3, -0.25) is 0 Å². The Kier molecular flexibility index (Phi) is 6.20. The van der Waals surface area contributed by atoms with Crippen LogP contribution in [0.4, 0.5) is 0 Å². The maximum absolute atomic E-state index is 9.22. The fourth-order valence-corrected chi connectivity index (χ4v) is 2.39. The number of benzene rings is 1. The Morgan fingerprint density at radius 2 is 1.61 bits per heavy atom. The van der Waals surface area contributed by atoms with E-state index in [1.54, 1.807) is 12.1 Å². The molecule has 0 amide bonds. The minimum Gasteiger partial charge on any atom is -0.508 e. The third kappa shape index (κ3) is 6.06. The number of hydrogen-bond acceptors (Lipinski definition) is 2. The summed E-state index contributed by atoms with van der Waals surface area (Å²) < 4.78 is 0. The molecule has 0 aromatic heterocycles. The first-order valence-corrected chi connectivity index (χ1v) is 7.01. The van der Waals surface area contributed by atoms with E-state index in [2.05, 4.69) is 33.0 Å². The van der Waals surface area contributed by atoms with Gasteiger partial charge in [0.05, 0.1) is 0 Å². The van der Waals surface area contributed by atoms with Gasteiger partial charge in [0, 0.05) is 12.1 Å². The van der Waals surface area contributed by atoms with E-state index in [1.807, 2.05) is 12.1 Å². The molecule has 0 aliphatic rings. The smallest absolute Gasteiger partial charge is 0.115 e. The number of phenolic OH excluding ortho intramolecular Hbond substituents is 1. The summed E-state index contributed by atoms with van der Waals surface area (Å²) in [6, 6.07) is 8.63. The largest absolute Gasteiger partial charge is 0.508 e. The summed E-state index contributed by atoms with van der Waals surface area (Å²) in [6.45, 7) is 9.03. The Labute approximate surface area is 111 Å². The Bertz CT molecular complexity index is 331. The molecule has 2 atom stereocenters. The zero-order valence-electron chi connectivity index (χ0n) is 12.1. The average Bonchev–Trinajstić information content (AvgIpc) is 2.27. The lowest BCUT2D eigenvalue weighted by atomic mass is 10.0. The fraction of sp³-hybridized carbons (Fsp3) is 0.625. The highest BCUT2D eigenvalue weighted by Gasteiger charge is 2.09. The van der Waals surface area contributed by atoms with Crippen LogP contribution in [0.5, 0.6) is 5.75 Å². The second-order valence-electron chi connectivity index (χ2n) is 5.80. The van der Waals surface area contributed by atoms with Crippen LogP contribution in [-0.4, -0.2) is 17.2 Å². The van der Waals surface area contributed by atoms with E-state index in [1.165, 1.54) is 12.0 Å². The molecule has 2 heteroatoms. The number of aromatic hydroxyl groups is 1. The molecule has 0 saturated heterocycles. The van der Waals surface area contributed by atoms with Crippen LogP contribution >= 0.6 is 0 Å². The zero-order chi connectivity index (χ0) is 13.5. The molecule has 0 fully saturated rings. The molecular weight excluding hydrogens is 222 g/mol. The lowest BCUT2D eigenvalue weighted by molar-refractivity contribution is 0.390. The van der Waals surface area contributed by atoms with Crippen LogP contribution in [0.15, 0.2) is 24.3 Å². The van der Waals surface area contributed by atoms with Crippen molar-refractivity contribution in [1.29, 1.82) is 0 Å². The van der Waals surface area contributed by atoms with Crippen molar-refractivity contribution < 1.29 is 5.11 Å². The molecule has 18 heavy (non-hydrogen) atoms. The van der Waals surface area contributed by atoms with Gasteiger partial charge < -0.3 is 10.4 Å². The molecule has 1 rings (SSSR count). The molecule has 2 nitrogen and oxygen atoms in total. The minimum atomic E-state index is 0.343. The van der Waals surface area contributed by atoms with Gasteiger partial charge in [0.2, 0.25) is 0 Å². The van der Waals surface area contributed by atoms with Gasteiger partial charge in [-0.05, 0) is 56.7 Å². The Hall–Kier alpha value is -1.02. The third-order valence-electron chi connectivity index (χ3n) is 3.20. The van der Waals surface area contributed by atoms with E-state index in [0.29, 0.717) is 17.8 Å². The van der Waals surface area contributed by atoms with E-state index in [4.69, 9.17) is 0 Å². The third-order valence-corrected chi connectivity index (χ3v) is 3.20. The summed E-state index contributed by atoms with van der Waals surface area (Å²) in [5, 5.41) is 12.9. The van der Waals surface area contributed by atoms with Crippen molar-refractivity contribution >= 4 is 0 Å². The number of phenols is 1. The van der Waals surface area contributed by atoms with E-state index in [9.17, 15) is 5.11 Å². The van der Waals surface area contributed by atoms with E-state index < -0.39 is 0 Å². The molecule has 1 aromatic carbocycles. The highest BCUT2D eigenvalue weighted by Crippen LogP contribution is 2.12. The molecule has 2 N–H and O–H groups in total. The number of rotatable bonds is 7. The molecule has 0 spiro atoms. The van der Waals surface area contributed by atoms with Crippen LogP contribution in [-0.2, 0) is 6.42 Å². The molecule has 102 valence electrons. The maximum Gasteiger partial charge on any atom is 0.115 e. The highest BCUT2D eigenvalue weighted by molar-refractivity contribution is 5.25. The van der Waals surface area contributed by atoms with Crippen LogP contribution < -0.4 is 5.32 Å². The summed E-state index contributed by atoms with van der Waals surface area (Å²) in [5.74, 6) is 1.09. The van der Waals surface area contributed by atoms with Gasteiger partial charge in [0.1, 0.15) is 5.75 Å². The monoisotopic (exact) mass is 249 g/mol. The summed E-state index contributed by atoms with van der Waals surface area (Å²) in [5.41, 5.74) is 1.29. The van der Waals surface area contributed by atoms with Gasteiger partial charge in [0.15, 0.2) is 0 Å². The second kappa shape index (κ2) is 7.42. The van der Waals surface area contributed by atoms with Crippen molar-refractivity contribution in [3.8, 4) is 5.75 Å². The summed E-state index contributed by atoms with van der Waals surface area (Å²) in [4.78, 5) is 0. The summed E-state index contributed by atoms with van der Waals surface area (Å²) in [7, 11) is 0. The first kappa shape index (κ1) is 15.0. The van der Waals surface area contributed by atoms with E-state index in [-0.39, 0.29) is 0 Å². The standard InChI is InChI=1S/C16H27NO/c1-12(2)11-14(4)17-13(3)5-6-15-7-9-16(18)10-8-15/h7-10,12-14,17-18H,5-6,11H2,1-4H3. The maximum atomic E-state index is 9.22. The van der Waals surface area contributed by atoms with Crippen molar-refractivity contribution in [3.05, 3.63) is 29.8 Å². The Balaban J connectivity index is 2.28. The van der Waals surface area contributed by atoms with Crippen LogP contribution in [0.3, 0.4) is 0 Å². The highest BCUT2D eigenvalue weighted by atomic mass is 16.3. The molecule has 0 aliphatic carbocycles. The Morgan fingerprint density at radius 3 is 2.17 bits per heavy atom. The average molecular weight is 249 g/mol. The van der Waals surface area contributed by atoms with Crippen LogP contribution in [0, 0.1) is 5.92 Å². The first-order chi connectivity index (χ1) is 8.47. The van der Waals surface area contributed by atoms with Gasteiger partial charge in [-0.1, -0.05) is 26.0 Å². The zero-order valence-corrected chi connectivity index (χ0v) is 12.1. The number of aryl methyl sites for hydroxylation is 1. The second-order valence-corrected chi connectivity index (χ2v) is 5.80. The normalized spacial score (nSPS) is 14.7. The number of nitrogens with one attached hydrogen (secondary N) is 1. The summed E-state index contributed by atoms with van der Waals surface area (Å²) >= 11 is 0. The lowest BCUT2D eigenvalue weighted by Crippen LogP contribution is -2.35. The predicted octanol–water partition coefficient (Wildman–Crippen LogP) is 3.74. The minimum absolute atomic E-state index is 0.343. The van der Waals surface area contributed by atoms with Gasteiger partial charge >= 0.3 is 0 Å². The van der Waals surface area contributed by atoms with E-state index in [0.717, 1.165) is 18.8 Å². The van der Waals surface area contributed by atoms with Crippen molar-refractivity contribution in [2.75, 3.05) is 0 Å². The molecular formula is C16H27NO. The van der Waals surface area contributed by atoms with Crippen LogP contribution in [0.1, 0.15) is 46.1 Å². The molecule has 0 saturated carbocycles.